The maximum Gasteiger partial charge on any atom is 0.247 e. The fourth-order valence-electron chi connectivity index (χ4n) is 4.01. The third-order valence-electron chi connectivity index (χ3n) is 5.94. The van der Waals surface area contributed by atoms with Crippen LogP contribution >= 0.6 is 0 Å². The first-order valence-corrected chi connectivity index (χ1v) is 11.6. The maximum absolute atomic E-state index is 11.7. The lowest BCUT2D eigenvalue weighted by Gasteiger charge is -2.38. The molecule has 36 heavy (non-hydrogen) atoms. The number of amides is 2. The molecule has 3 aromatic carbocycles. The number of nitrogens with one attached hydrogen (secondary N) is 2. The Morgan fingerprint density at radius 2 is 1.83 bits per heavy atom. The van der Waals surface area contributed by atoms with Gasteiger partial charge in [0, 0.05) is 35.4 Å². The number of carbonyl (C=O) groups is 2. The van der Waals surface area contributed by atoms with Gasteiger partial charge in [0.15, 0.2) is 0 Å². The van der Waals surface area contributed by atoms with Crippen LogP contribution in [0.5, 0.6) is 5.75 Å². The minimum Gasteiger partial charge on any atom is -0.487 e. The van der Waals surface area contributed by atoms with E-state index >= 15 is 0 Å². The topological polar surface area (TPSA) is 96.5 Å². The minimum absolute atomic E-state index is 0.0264. The number of hydrogen-bond acceptors (Lipinski definition) is 6. The number of para-hydroxylation sites is 1. The molecule has 2 amide bonds. The standard InChI is InChI=1S/C28H25N5O3/c1-3-26(35)30-22-8-4-6-19(14-22)25-9-5-7-20-15-29-28(32-27(20)25)31-21-10-12-23(13-11-21)36-24-16-33(17-24)18(2)34/h3-15,24H,1,16-17H2,2H3,(H,30,35)(H,29,31,32). The largest absolute Gasteiger partial charge is 0.487 e. The first kappa shape index (κ1) is 23.0. The molecular formula is C28H25N5O3. The Balaban J connectivity index is 1.33. The minimum atomic E-state index is -0.263. The van der Waals surface area contributed by atoms with Gasteiger partial charge in [-0.2, -0.15) is 0 Å². The van der Waals surface area contributed by atoms with Crippen molar-refractivity contribution in [3.05, 3.63) is 85.6 Å². The predicted molar refractivity (Wildman–Crippen MR) is 140 cm³/mol. The monoisotopic (exact) mass is 479 g/mol. The Hall–Kier alpha value is -4.72. The molecule has 1 aromatic heterocycles. The molecule has 0 spiro atoms. The fourth-order valence-corrected chi connectivity index (χ4v) is 4.01. The van der Waals surface area contributed by atoms with Gasteiger partial charge >= 0.3 is 0 Å². The van der Waals surface area contributed by atoms with Gasteiger partial charge in [0.25, 0.3) is 0 Å². The quantitative estimate of drug-likeness (QED) is 0.371. The summed E-state index contributed by atoms with van der Waals surface area (Å²) in [5.41, 5.74) is 4.15. The highest BCUT2D eigenvalue weighted by atomic mass is 16.5. The zero-order valence-electron chi connectivity index (χ0n) is 19.8. The van der Waals surface area contributed by atoms with Crippen LogP contribution in [0.3, 0.4) is 0 Å². The molecule has 2 N–H and O–H groups in total. The molecule has 1 fully saturated rings. The van der Waals surface area contributed by atoms with Gasteiger partial charge in [-0.1, -0.05) is 36.9 Å². The number of hydrogen-bond donors (Lipinski definition) is 2. The molecule has 1 aliphatic heterocycles. The first-order chi connectivity index (χ1) is 17.5. The van der Waals surface area contributed by atoms with E-state index < -0.39 is 0 Å². The molecule has 0 radical (unpaired) electrons. The van der Waals surface area contributed by atoms with E-state index in [1.807, 2.05) is 66.7 Å². The van der Waals surface area contributed by atoms with Crippen LogP contribution in [0.25, 0.3) is 22.0 Å². The summed E-state index contributed by atoms with van der Waals surface area (Å²) in [4.78, 5) is 34.0. The molecule has 8 heteroatoms. The smallest absolute Gasteiger partial charge is 0.247 e. The molecule has 0 unspecified atom stereocenters. The zero-order chi connectivity index (χ0) is 25.1. The number of rotatable bonds is 7. The third-order valence-corrected chi connectivity index (χ3v) is 5.94. The van der Waals surface area contributed by atoms with E-state index in [0.717, 1.165) is 33.5 Å². The van der Waals surface area contributed by atoms with Crippen LogP contribution in [-0.2, 0) is 9.59 Å². The SMILES string of the molecule is C=CC(=O)Nc1cccc(-c2cccc3cnc(Nc4ccc(OC5CN(C(C)=O)C5)cc4)nc23)c1. The molecule has 1 saturated heterocycles. The summed E-state index contributed by atoms with van der Waals surface area (Å²) in [5.74, 6) is 1.02. The number of benzene rings is 3. The maximum atomic E-state index is 11.7. The summed E-state index contributed by atoms with van der Waals surface area (Å²) < 4.78 is 5.91. The summed E-state index contributed by atoms with van der Waals surface area (Å²) in [7, 11) is 0. The van der Waals surface area contributed by atoms with E-state index in [1.54, 1.807) is 18.0 Å². The molecule has 0 atom stereocenters. The van der Waals surface area contributed by atoms with Crippen molar-refractivity contribution in [2.75, 3.05) is 23.7 Å². The number of fused-ring (bicyclic) bond motifs is 1. The number of likely N-dealkylation sites (tertiary alicyclic amines) is 1. The highest BCUT2D eigenvalue weighted by Gasteiger charge is 2.30. The van der Waals surface area contributed by atoms with Crippen molar-refractivity contribution in [2.24, 2.45) is 0 Å². The number of ether oxygens (including phenoxy) is 1. The number of aromatic nitrogens is 2. The van der Waals surface area contributed by atoms with Crippen molar-refractivity contribution < 1.29 is 14.3 Å². The second kappa shape index (κ2) is 9.87. The second-order valence-electron chi connectivity index (χ2n) is 8.52. The predicted octanol–water partition coefficient (Wildman–Crippen LogP) is 4.77. The zero-order valence-corrected chi connectivity index (χ0v) is 19.8. The van der Waals surface area contributed by atoms with E-state index in [1.165, 1.54) is 6.08 Å². The van der Waals surface area contributed by atoms with E-state index in [0.29, 0.717) is 24.7 Å². The van der Waals surface area contributed by atoms with Crippen molar-refractivity contribution in [3.8, 4) is 16.9 Å². The van der Waals surface area contributed by atoms with E-state index in [-0.39, 0.29) is 17.9 Å². The Morgan fingerprint density at radius 1 is 1.06 bits per heavy atom. The summed E-state index contributed by atoms with van der Waals surface area (Å²) in [6.07, 6.45) is 3.05. The molecule has 180 valence electrons. The highest BCUT2D eigenvalue weighted by molar-refractivity contribution is 6.00. The summed E-state index contributed by atoms with van der Waals surface area (Å²) >= 11 is 0. The first-order valence-electron chi connectivity index (χ1n) is 11.6. The van der Waals surface area contributed by atoms with Crippen LogP contribution in [-0.4, -0.2) is 45.9 Å². The average molecular weight is 480 g/mol. The molecule has 0 aliphatic carbocycles. The van der Waals surface area contributed by atoms with Crippen molar-refractivity contribution >= 4 is 40.0 Å². The molecule has 0 bridgehead atoms. The van der Waals surface area contributed by atoms with Gasteiger partial charge in [0.05, 0.1) is 18.6 Å². The summed E-state index contributed by atoms with van der Waals surface area (Å²) in [6.45, 7) is 6.30. The van der Waals surface area contributed by atoms with E-state index in [4.69, 9.17) is 9.72 Å². The van der Waals surface area contributed by atoms with Gasteiger partial charge in [-0.15, -0.1) is 0 Å². The second-order valence-corrected chi connectivity index (χ2v) is 8.52. The lowest BCUT2D eigenvalue weighted by Crippen LogP contribution is -2.55. The summed E-state index contributed by atoms with van der Waals surface area (Å²) in [5, 5.41) is 6.95. The van der Waals surface area contributed by atoms with E-state index in [2.05, 4.69) is 22.2 Å². The Morgan fingerprint density at radius 3 is 2.58 bits per heavy atom. The summed E-state index contributed by atoms with van der Waals surface area (Å²) in [6, 6.07) is 21.1. The molecule has 5 rings (SSSR count). The van der Waals surface area contributed by atoms with Crippen LogP contribution in [0.1, 0.15) is 6.92 Å². The van der Waals surface area contributed by atoms with Gasteiger partial charge < -0.3 is 20.3 Å². The van der Waals surface area contributed by atoms with Gasteiger partial charge in [-0.3, -0.25) is 9.59 Å². The van der Waals surface area contributed by atoms with Gasteiger partial charge in [-0.05, 0) is 48.0 Å². The van der Waals surface area contributed by atoms with Crippen LogP contribution in [0, 0.1) is 0 Å². The molecule has 0 saturated carbocycles. The number of anilines is 3. The van der Waals surface area contributed by atoms with Crippen LogP contribution in [0.4, 0.5) is 17.3 Å². The van der Waals surface area contributed by atoms with Crippen molar-refractivity contribution in [1.29, 1.82) is 0 Å². The normalized spacial score (nSPS) is 13.1. The Bertz CT molecular complexity index is 1450. The van der Waals surface area contributed by atoms with Crippen molar-refractivity contribution in [3.63, 3.8) is 0 Å². The van der Waals surface area contributed by atoms with Crippen LogP contribution < -0.4 is 15.4 Å². The molecule has 2 heterocycles. The van der Waals surface area contributed by atoms with Crippen molar-refractivity contribution in [1.82, 2.24) is 14.9 Å². The lowest BCUT2D eigenvalue weighted by atomic mass is 10.0. The number of nitrogens with zero attached hydrogens (tertiary/aromatic N) is 3. The van der Waals surface area contributed by atoms with Gasteiger partial charge in [-0.25, -0.2) is 9.97 Å². The average Bonchev–Trinajstić information content (AvgIpc) is 2.86. The third kappa shape index (κ3) is 5.02. The van der Waals surface area contributed by atoms with Crippen molar-refractivity contribution in [2.45, 2.75) is 13.0 Å². The highest BCUT2D eigenvalue weighted by Crippen LogP contribution is 2.30. The lowest BCUT2D eigenvalue weighted by molar-refractivity contribution is -0.137. The van der Waals surface area contributed by atoms with Gasteiger partial charge in [0.2, 0.25) is 17.8 Å². The Kier molecular flexibility index (Phi) is 6.32. The van der Waals surface area contributed by atoms with Crippen LogP contribution in [0.2, 0.25) is 0 Å². The molecule has 4 aromatic rings. The fraction of sp³-hybridized carbons (Fsp3) is 0.143. The Labute approximate surface area is 208 Å². The van der Waals surface area contributed by atoms with Crippen LogP contribution in [0.15, 0.2) is 85.6 Å². The van der Waals surface area contributed by atoms with Gasteiger partial charge in [0.1, 0.15) is 11.9 Å². The molecule has 1 aliphatic rings. The van der Waals surface area contributed by atoms with E-state index in [9.17, 15) is 9.59 Å². The number of carbonyl (C=O) groups excluding carboxylic acids is 2. The molecule has 8 nitrogen and oxygen atoms in total. The molecular weight excluding hydrogens is 454 g/mol.